The number of carbonyl (C=O) groups excluding carboxylic acids is 1. The third-order valence-electron chi connectivity index (χ3n) is 6.51. The van der Waals surface area contributed by atoms with Crippen LogP contribution in [0, 0.1) is 0 Å². The fraction of sp³-hybridized carbons (Fsp3) is 0.519. The number of nitrogens with one attached hydrogen (secondary N) is 2. The summed E-state index contributed by atoms with van der Waals surface area (Å²) in [5, 5.41) is 61.5. The molecule has 0 amide bonds. The molecule has 0 aromatic heterocycles. The molecule has 10 heteroatoms. The lowest BCUT2D eigenvalue weighted by Crippen LogP contribution is -3.11. The second kappa shape index (κ2) is 15.1. The summed E-state index contributed by atoms with van der Waals surface area (Å²) < 4.78 is 5.36. The molecule has 3 rings (SSSR count). The van der Waals surface area contributed by atoms with Gasteiger partial charge in [-0.3, -0.25) is 4.79 Å². The monoisotopic (exact) mass is 522 g/mol. The first-order valence-corrected chi connectivity index (χ1v) is 12.8. The summed E-state index contributed by atoms with van der Waals surface area (Å²) in [7, 11) is 0. The van der Waals surface area contributed by atoms with Gasteiger partial charge in [-0.1, -0.05) is 5.75 Å². The van der Waals surface area contributed by atoms with E-state index in [-0.39, 0.29) is 11.3 Å². The van der Waals surface area contributed by atoms with Crippen molar-refractivity contribution >= 4 is 5.78 Å². The zero-order valence-electron chi connectivity index (χ0n) is 22.6. The number of phenolic OH excluding ortho intramolecular Hbond substituents is 3. The maximum Gasteiger partial charge on any atom is 0.198 e. The number of carbonyl (C=O) groups is 1. The van der Waals surface area contributed by atoms with Gasteiger partial charge in [0.2, 0.25) is 0 Å². The molecule has 2 atom stereocenters. The van der Waals surface area contributed by atoms with E-state index in [0.717, 1.165) is 24.3 Å². The topological polar surface area (TPSA) is 162 Å². The molecule has 37 heavy (non-hydrogen) atoms. The average Bonchev–Trinajstić information content (AvgIpc) is 2.87. The first-order valence-electron chi connectivity index (χ1n) is 12.8. The van der Waals surface area contributed by atoms with E-state index in [9.17, 15) is 35.4 Å². The zero-order valence-corrected chi connectivity index (χ0v) is 22.6. The van der Waals surface area contributed by atoms with Gasteiger partial charge < -0.3 is 45.2 Å². The number of Topliss-reactive ketones (excluding diaryl/α,β-unsaturated/α-hetero) is 1. The Morgan fingerprint density at radius 2 is 1.22 bits per heavy atom. The van der Waals surface area contributed by atoms with E-state index in [1.165, 1.54) is 39.3 Å². The largest absolute Gasteiger partial charge is 0.872 e. The number of rotatable bonds is 7. The molecule has 10 nitrogen and oxygen atoms in total. The summed E-state index contributed by atoms with van der Waals surface area (Å²) in [4.78, 5) is 15.5. The van der Waals surface area contributed by atoms with Gasteiger partial charge in [0, 0.05) is 11.6 Å². The van der Waals surface area contributed by atoms with E-state index < -0.39 is 52.3 Å². The van der Waals surface area contributed by atoms with Crippen molar-refractivity contribution in [2.24, 2.45) is 0 Å². The van der Waals surface area contributed by atoms with Crippen molar-refractivity contribution in [2.45, 2.75) is 53.8 Å². The van der Waals surface area contributed by atoms with Crippen LogP contribution in [0.1, 0.15) is 63.6 Å². The molecule has 0 fully saturated rings. The number of phenols is 3. The number of aromatic hydroxyl groups is 3. The van der Waals surface area contributed by atoms with Crippen LogP contribution in [0.3, 0.4) is 0 Å². The quantitative estimate of drug-likeness (QED) is 0.283. The van der Waals surface area contributed by atoms with Crippen molar-refractivity contribution in [1.29, 1.82) is 0 Å². The molecule has 0 spiro atoms. The van der Waals surface area contributed by atoms with Crippen molar-refractivity contribution in [3.8, 4) is 34.5 Å². The van der Waals surface area contributed by atoms with Crippen LogP contribution >= 0.6 is 0 Å². The normalized spacial score (nSPS) is 16.3. The molecule has 1 aliphatic heterocycles. The van der Waals surface area contributed by atoms with Crippen molar-refractivity contribution < 1.29 is 50.0 Å². The van der Waals surface area contributed by atoms with Crippen LogP contribution < -0.4 is 24.7 Å². The van der Waals surface area contributed by atoms with Crippen LogP contribution in [0.2, 0.25) is 0 Å². The minimum atomic E-state index is -1.78. The van der Waals surface area contributed by atoms with Crippen LogP contribution in [-0.2, 0) is 0 Å². The Morgan fingerprint density at radius 1 is 0.784 bits per heavy atom. The first kappa shape index (κ1) is 31.8. The molecule has 0 saturated carbocycles. The summed E-state index contributed by atoms with van der Waals surface area (Å²) in [5.74, 6) is -4.96. The van der Waals surface area contributed by atoms with Gasteiger partial charge in [-0.2, -0.15) is 0 Å². The van der Waals surface area contributed by atoms with E-state index in [1.54, 1.807) is 9.80 Å². The van der Waals surface area contributed by atoms with E-state index in [2.05, 4.69) is 41.5 Å². The lowest BCUT2D eigenvalue weighted by Gasteiger charge is -2.32. The highest BCUT2D eigenvalue weighted by atomic mass is 16.5. The fourth-order valence-corrected chi connectivity index (χ4v) is 3.93. The molecule has 208 valence electrons. The molecule has 0 saturated heterocycles. The Balaban J connectivity index is 0.000000404. The Bertz CT molecular complexity index is 960. The molecule has 1 heterocycles. The summed E-state index contributed by atoms with van der Waals surface area (Å²) in [5.41, 5.74) is -0.442. The predicted octanol–water partition coefficient (Wildman–Crippen LogP) is -0.510. The minimum absolute atomic E-state index is 0.0399. The maximum atomic E-state index is 12.2. The summed E-state index contributed by atoms with van der Waals surface area (Å²) >= 11 is 0. The van der Waals surface area contributed by atoms with E-state index >= 15 is 0 Å². The predicted molar refractivity (Wildman–Crippen MR) is 136 cm³/mol. The molecule has 0 bridgehead atoms. The Kier molecular flexibility index (Phi) is 13.0. The number of ether oxygens (including phenoxy) is 1. The Hall–Kier alpha value is -3.21. The van der Waals surface area contributed by atoms with Crippen molar-refractivity contribution in [1.82, 2.24) is 0 Å². The van der Waals surface area contributed by atoms with Gasteiger partial charge in [-0.15, -0.1) is 0 Å². The highest BCUT2D eigenvalue weighted by molar-refractivity contribution is 6.05. The fourth-order valence-electron chi connectivity index (χ4n) is 3.93. The van der Waals surface area contributed by atoms with Crippen molar-refractivity contribution in [3.05, 3.63) is 35.4 Å². The van der Waals surface area contributed by atoms with Gasteiger partial charge in [0.1, 0.15) is 23.0 Å². The molecule has 2 aromatic carbocycles. The lowest BCUT2D eigenvalue weighted by molar-refractivity contribution is -0.894. The highest BCUT2D eigenvalue weighted by Gasteiger charge is 2.38. The Morgan fingerprint density at radius 3 is 1.59 bits per heavy atom. The van der Waals surface area contributed by atoms with Crippen LogP contribution in [0.15, 0.2) is 24.3 Å². The third-order valence-corrected chi connectivity index (χ3v) is 6.51. The van der Waals surface area contributed by atoms with Gasteiger partial charge >= 0.3 is 0 Å². The number of aliphatic hydroxyl groups is 1. The van der Waals surface area contributed by atoms with E-state index in [0.29, 0.717) is 0 Å². The van der Waals surface area contributed by atoms with Gasteiger partial charge in [-0.05, 0) is 65.5 Å². The van der Waals surface area contributed by atoms with Gasteiger partial charge in [0.05, 0.1) is 44.8 Å². The summed E-state index contributed by atoms with van der Waals surface area (Å²) in [6, 6.07) is 3.73. The smallest absolute Gasteiger partial charge is 0.198 e. The number of ketones is 1. The molecule has 6 N–H and O–H groups in total. The number of aliphatic hydroxyl groups excluding tert-OH is 1. The SMILES string of the molecule is CC[NH+](CC)CC.CC[NH+](CC)CC.O=C1c2c([O-])cc(O)cc2O[C@H](c2cc(O)c([O-])c(O)c2)[C@H]1O. The van der Waals surface area contributed by atoms with Crippen LogP contribution in [0.4, 0.5) is 0 Å². The summed E-state index contributed by atoms with van der Waals surface area (Å²) in [6.45, 7) is 21.0. The van der Waals surface area contributed by atoms with Crippen LogP contribution in [0.25, 0.3) is 0 Å². The third kappa shape index (κ3) is 8.41. The number of benzene rings is 2. The van der Waals surface area contributed by atoms with Gasteiger partial charge in [-0.25, -0.2) is 0 Å². The molecular weight excluding hydrogens is 480 g/mol. The summed E-state index contributed by atoms with van der Waals surface area (Å²) in [6.07, 6.45) is -3.15. The molecule has 0 radical (unpaired) electrons. The van der Waals surface area contributed by atoms with Crippen molar-refractivity contribution in [3.63, 3.8) is 0 Å². The van der Waals surface area contributed by atoms with Crippen LogP contribution in [0.5, 0.6) is 34.5 Å². The molecule has 1 aliphatic rings. The molecule has 0 aliphatic carbocycles. The van der Waals surface area contributed by atoms with Gasteiger partial charge in [0.25, 0.3) is 0 Å². The second-order valence-electron chi connectivity index (χ2n) is 8.67. The second-order valence-corrected chi connectivity index (χ2v) is 8.67. The molecule has 0 unspecified atom stereocenters. The minimum Gasteiger partial charge on any atom is -0.872 e. The zero-order chi connectivity index (χ0) is 28.3. The molecular formula is C27H42N2O8. The van der Waals surface area contributed by atoms with E-state index in [4.69, 9.17) is 4.74 Å². The standard InChI is InChI=1S/C15H12O8.2C6H15N/c16-6-3-7(17)11-10(4-6)23-15(14(22)13(11)21)5-1-8(18)12(20)9(19)2-5;2*1-4-7(5-2)6-3/h1-4,14-20,22H;2*4-6H2,1-3H3/t14-,15+;;/m0../s1. The highest BCUT2D eigenvalue weighted by Crippen LogP contribution is 2.43. The number of quaternary nitrogens is 2. The first-order chi connectivity index (χ1) is 17.5. The lowest BCUT2D eigenvalue weighted by atomic mass is 9.92. The number of hydrogen-bond acceptors (Lipinski definition) is 8. The van der Waals surface area contributed by atoms with Gasteiger partial charge in [0.15, 0.2) is 18.0 Å². The van der Waals surface area contributed by atoms with E-state index in [1.807, 2.05) is 0 Å². The molecule has 2 aromatic rings. The maximum absolute atomic E-state index is 12.2. The van der Waals surface area contributed by atoms with Crippen LogP contribution in [-0.4, -0.2) is 71.6 Å². The van der Waals surface area contributed by atoms with Crippen molar-refractivity contribution in [2.75, 3.05) is 39.3 Å². The average molecular weight is 523 g/mol. The number of hydrogen-bond donors (Lipinski definition) is 6. The Labute approximate surface area is 219 Å². The number of fused-ring (bicyclic) bond motifs is 1.